The SMILES string of the molecule is C[C@H](NC(=O)CSc1nnc(-c2ccc(F)cc2)n1C)c1ccc2c(c1)CCCC2. The third-order valence-corrected chi connectivity index (χ3v) is 6.54. The molecule has 0 saturated carbocycles. The van der Waals surface area contributed by atoms with Crippen LogP contribution in [0.4, 0.5) is 4.39 Å². The Hall–Kier alpha value is -2.67. The maximum atomic E-state index is 13.1. The summed E-state index contributed by atoms with van der Waals surface area (Å²) in [5.41, 5.74) is 4.79. The van der Waals surface area contributed by atoms with Crippen molar-refractivity contribution in [2.24, 2.45) is 7.05 Å². The summed E-state index contributed by atoms with van der Waals surface area (Å²) in [6.07, 6.45) is 4.79. The molecule has 0 bridgehead atoms. The van der Waals surface area contributed by atoms with Gasteiger partial charge >= 0.3 is 0 Å². The summed E-state index contributed by atoms with van der Waals surface area (Å²) in [5.74, 6) is 0.558. The molecule has 156 valence electrons. The maximum absolute atomic E-state index is 13.1. The molecular formula is C23H25FN4OS. The van der Waals surface area contributed by atoms with Gasteiger partial charge in [0, 0.05) is 12.6 Å². The topological polar surface area (TPSA) is 59.8 Å². The first kappa shape index (κ1) is 20.6. The summed E-state index contributed by atoms with van der Waals surface area (Å²) in [6, 6.07) is 12.7. The molecular weight excluding hydrogens is 399 g/mol. The lowest BCUT2D eigenvalue weighted by Gasteiger charge is -2.20. The molecule has 2 aromatic carbocycles. The highest BCUT2D eigenvalue weighted by atomic mass is 32.2. The minimum atomic E-state index is -0.291. The van der Waals surface area contributed by atoms with E-state index in [4.69, 9.17) is 0 Å². The number of benzene rings is 2. The van der Waals surface area contributed by atoms with Gasteiger partial charge in [-0.3, -0.25) is 4.79 Å². The zero-order valence-corrected chi connectivity index (χ0v) is 18.0. The van der Waals surface area contributed by atoms with Gasteiger partial charge in [-0.05, 0) is 73.6 Å². The second-order valence-corrected chi connectivity index (χ2v) is 8.63. The molecule has 5 nitrogen and oxygen atoms in total. The Kier molecular flexibility index (Phi) is 6.18. The van der Waals surface area contributed by atoms with Crippen molar-refractivity contribution in [3.63, 3.8) is 0 Å². The zero-order valence-electron chi connectivity index (χ0n) is 17.2. The largest absolute Gasteiger partial charge is 0.349 e. The van der Waals surface area contributed by atoms with E-state index >= 15 is 0 Å². The van der Waals surface area contributed by atoms with Crippen LogP contribution in [0.2, 0.25) is 0 Å². The lowest BCUT2D eigenvalue weighted by Crippen LogP contribution is -2.28. The van der Waals surface area contributed by atoms with Crippen molar-refractivity contribution in [1.82, 2.24) is 20.1 Å². The fraction of sp³-hybridized carbons (Fsp3) is 0.348. The summed E-state index contributed by atoms with van der Waals surface area (Å²) in [7, 11) is 1.84. The van der Waals surface area contributed by atoms with Crippen LogP contribution in [0, 0.1) is 5.82 Å². The third-order valence-electron chi connectivity index (χ3n) is 5.52. The summed E-state index contributed by atoms with van der Waals surface area (Å²) >= 11 is 1.34. The third kappa shape index (κ3) is 4.56. The van der Waals surface area contributed by atoms with Gasteiger partial charge in [0.2, 0.25) is 5.91 Å². The van der Waals surface area contributed by atoms with E-state index in [9.17, 15) is 9.18 Å². The van der Waals surface area contributed by atoms with Crippen LogP contribution in [-0.2, 0) is 24.7 Å². The highest BCUT2D eigenvalue weighted by molar-refractivity contribution is 7.99. The molecule has 0 fully saturated rings. The van der Waals surface area contributed by atoms with Gasteiger partial charge in [0.25, 0.3) is 0 Å². The fourth-order valence-electron chi connectivity index (χ4n) is 3.81. The first-order chi connectivity index (χ1) is 14.5. The monoisotopic (exact) mass is 424 g/mol. The normalized spacial score (nSPS) is 14.2. The molecule has 0 radical (unpaired) electrons. The molecule has 1 aliphatic carbocycles. The summed E-state index contributed by atoms with van der Waals surface area (Å²) in [5, 5.41) is 12.1. The number of fused-ring (bicyclic) bond motifs is 1. The van der Waals surface area contributed by atoms with Crippen molar-refractivity contribution >= 4 is 17.7 Å². The molecule has 1 aliphatic rings. The van der Waals surface area contributed by atoms with Crippen LogP contribution in [0.3, 0.4) is 0 Å². The van der Waals surface area contributed by atoms with Crippen LogP contribution in [0.1, 0.15) is 42.5 Å². The Morgan fingerprint density at radius 1 is 1.13 bits per heavy atom. The van der Waals surface area contributed by atoms with Crippen molar-refractivity contribution in [3.8, 4) is 11.4 Å². The lowest BCUT2D eigenvalue weighted by molar-refractivity contribution is -0.119. The van der Waals surface area contributed by atoms with Gasteiger partial charge in [0.15, 0.2) is 11.0 Å². The first-order valence-electron chi connectivity index (χ1n) is 10.2. The van der Waals surface area contributed by atoms with E-state index in [2.05, 4.69) is 33.7 Å². The smallest absolute Gasteiger partial charge is 0.230 e. The number of carbonyl (C=O) groups excluding carboxylic acids is 1. The van der Waals surface area contributed by atoms with Gasteiger partial charge in [-0.25, -0.2) is 4.39 Å². The number of nitrogens with zero attached hydrogens (tertiary/aromatic N) is 3. The fourth-order valence-corrected chi connectivity index (χ4v) is 4.53. The van der Waals surface area contributed by atoms with Gasteiger partial charge in [0.05, 0.1) is 11.8 Å². The number of amides is 1. The Bertz CT molecular complexity index is 1050. The van der Waals surface area contributed by atoms with Crippen molar-refractivity contribution in [1.29, 1.82) is 0 Å². The Morgan fingerprint density at radius 2 is 1.87 bits per heavy atom. The molecule has 4 rings (SSSR count). The second-order valence-electron chi connectivity index (χ2n) is 7.69. The van der Waals surface area contributed by atoms with Crippen molar-refractivity contribution in [2.75, 3.05) is 5.75 Å². The summed E-state index contributed by atoms with van der Waals surface area (Å²) < 4.78 is 15.0. The Morgan fingerprint density at radius 3 is 2.63 bits per heavy atom. The lowest BCUT2D eigenvalue weighted by atomic mass is 9.89. The second kappa shape index (κ2) is 9.00. The standard InChI is InChI=1S/C23H25FN4OS/c1-15(18-8-7-16-5-3-4-6-19(16)13-18)25-21(29)14-30-23-27-26-22(28(23)2)17-9-11-20(24)12-10-17/h7-13,15H,3-6,14H2,1-2H3,(H,25,29)/t15-/m0/s1. The average Bonchev–Trinajstić information content (AvgIpc) is 3.12. The number of hydrogen-bond acceptors (Lipinski definition) is 4. The number of aromatic nitrogens is 3. The Labute approximate surface area is 180 Å². The summed E-state index contributed by atoms with van der Waals surface area (Å²) in [6.45, 7) is 2.02. The molecule has 1 N–H and O–H groups in total. The van der Waals surface area contributed by atoms with E-state index in [1.165, 1.54) is 47.9 Å². The number of nitrogens with one attached hydrogen (secondary N) is 1. The predicted octanol–water partition coefficient (Wildman–Crippen LogP) is 4.47. The van der Waals surface area contributed by atoms with Crippen LogP contribution in [0.15, 0.2) is 47.6 Å². The molecule has 7 heteroatoms. The molecule has 0 spiro atoms. The van der Waals surface area contributed by atoms with Gasteiger partial charge in [-0.2, -0.15) is 0 Å². The quantitative estimate of drug-likeness (QED) is 0.593. The number of thioether (sulfide) groups is 1. The number of hydrogen-bond donors (Lipinski definition) is 1. The van der Waals surface area contributed by atoms with Crippen molar-refractivity contribution in [2.45, 2.75) is 43.8 Å². The minimum absolute atomic E-state index is 0.0420. The van der Waals surface area contributed by atoms with Gasteiger partial charge in [-0.1, -0.05) is 30.0 Å². The van der Waals surface area contributed by atoms with E-state index in [1.807, 2.05) is 18.5 Å². The van der Waals surface area contributed by atoms with Crippen molar-refractivity contribution < 1.29 is 9.18 Å². The van der Waals surface area contributed by atoms with Crippen LogP contribution in [0.5, 0.6) is 0 Å². The van der Waals surface area contributed by atoms with Crippen LogP contribution in [-0.4, -0.2) is 26.4 Å². The van der Waals surface area contributed by atoms with Crippen LogP contribution in [0.25, 0.3) is 11.4 Å². The zero-order chi connectivity index (χ0) is 21.1. The number of halogens is 1. The van der Waals surface area contributed by atoms with Crippen LogP contribution < -0.4 is 5.32 Å². The van der Waals surface area contributed by atoms with Gasteiger partial charge < -0.3 is 9.88 Å². The molecule has 1 amide bonds. The maximum Gasteiger partial charge on any atom is 0.230 e. The molecule has 1 heterocycles. The van der Waals surface area contributed by atoms with E-state index < -0.39 is 0 Å². The van der Waals surface area contributed by atoms with Crippen molar-refractivity contribution in [3.05, 3.63) is 65.0 Å². The molecule has 0 unspecified atom stereocenters. The minimum Gasteiger partial charge on any atom is -0.349 e. The van der Waals surface area contributed by atoms with E-state index in [0.29, 0.717) is 11.0 Å². The highest BCUT2D eigenvalue weighted by Gasteiger charge is 2.16. The molecule has 0 aliphatic heterocycles. The van der Waals surface area contributed by atoms with E-state index in [0.717, 1.165) is 24.0 Å². The van der Waals surface area contributed by atoms with E-state index in [-0.39, 0.29) is 23.5 Å². The Balaban J connectivity index is 1.35. The average molecular weight is 425 g/mol. The van der Waals surface area contributed by atoms with Gasteiger partial charge in [0.1, 0.15) is 5.82 Å². The van der Waals surface area contributed by atoms with Crippen LogP contribution >= 0.6 is 11.8 Å². The molecule has 3 aromatic rings. The predicted molar refractivity (Wildman–Crippen MR) is 117 cm³/mol. The molecule has 1 aromatic heterocycles. The molecule has 1 atom stereocenters. The number of carbonyl (C=O) groups is 1. The first-order valence-corrected chi connectivity index (χ1v) is 11.2. The summed E-state index contributed by atoms with van der Waals surface area (Å²) in [4.78, 5) is 12.5. The molecule has 0 saturated heterocycles. The van der Waals surface area contributed by atoms with Gasteiger partial charge in [-0.15, -0.1) is 10.2 Å². The number of aryl methyl sites for hydroxylation is 2. The highest BCUT2D eigenvalue weighted by Crippen LogP contribution is 2.26. The molecule has 30 heavy (non-hydrogen) atoms. The van der Waals surface area contributed by atoms with E-state index in [1.54, 1.807) is 12.1 Å². The number of rotatable bonds is 6.